The molecule has 4 nitrogen and oxygen atoms in total. The summed E-state index contributed by atoms with van der Waals surface area (Å²) in [6.07, 6.45) is 11.9. The van der Waals surface area contributed by atoms with Crippen molar-refractivity contribution in [2.45, 2.75) is 57.8 Å². The first-order valence-corrected chi connectivity index (χ1v) is 11.5. The first-order valence-electron chi connectivity index (χ1n) is 11.5. The molecule has 1 unspecified atom stereocenters. The maximum atomic E-state index is 13.0. The molecule has 0 aromatic heterocycles. The fourth-order valence-electron chi connectivity index (χ4n) is 5.13. The van der Waals surface area contributed by atoms with Gasteiger partial charge in [0.1, 0.15) is 0 Å². The summed E-state index contributed by atoms with van der Waals surface area (Å²) in [6.45, 7) is 3.09. The average Bonchev–Trinajstić information content (AvgIpc) is 3.14. The predicted octanol–water partition coefficient (Wildman–Crippen LogP) is 4.21. The van der Waals surface area contributed by atoms with Crippen molar-refractivity contribution in [2.75, 3.05) is 26.2 Å². The van der Waals surface area contributed by atoms with Gasteiger partial charge < -0.3 is 9.80 Å². The van der Waals surface area contributed by atoms with E-state index in [2.05, 4.69) is 36.4 Å². The highest BCUT2D eigenvalue weighted by molar-refractivity contribution is 5.89. The first-order chi connectivity index (χ1) is 14.2. The third-order valence-corrected chi connectivity index (χ3v) is 6.95. The zero-order valence-corrected chi connectivity index (χ0v) is 17.5. The van der Waals surface area contributed by atoms with Crippen LogP contribution < -0.4 is 0 Å². The second kappa shape index (κ2) is 9.60. The summed E-state index contributed by atoms with van der Waals surface area (Å²) in [5, 5.41) is 0. The Kier molecular flexibility index (Phi) is 6.68. The van der Waals surface area contributed by atoms with Crippen LogP contribution in [0.15, 0.2) is 42.0 Å². The van der Waals surface area contributed by atoms with Gasteiger partial charge >= 0.3 is 0 Å². The molecule has 156 valence electrons. The number of likely N-dealkylation sites (tertiary alicyclic amines) is 2. The van der Waals surface area contributed by atoms with Crippen molar-refractivity contribution in [1.82, 2.24) is 9.80 Å². The van der Waals surface area contributed by atoms with Crippen molar-refractivity contribution in [3.05, 3.63) is 47.5 Å². The Morgan fingerprint density at radius 3 is 2.59 bits per heavy atom. The predicted molar refractivity (Wildman–Crippen MR) is 115 cm³/mol. The van der Waals surface area contributed by atoms with Crippen molar-refractivity contribution >= 4 is 11.8 Å². The molecule has 0 radical (unpaired) electrons. The molecule has 1 aliphatic carbocycles. The summed E-state index contributed by atoms with van der Waals surface area (Å²) in [4.78, 5) is 29.4. The molecular formula is C25H34N2O2. The Bertz CT molecular complexity index is 734. The molecule has 3 aliphatic rings. The number of hydrogen-bond donors (Lipinski definition) is 0. The van der Waals surface area contributed by atoms with Crippen LogP contribution >= 0.6 is 0 Å². The highest BCUT2D eigenvalue weighted by Crippen LogP contribution is 2.27. The summed E-state index contributed by atoms with van der Waals surface area (Å²) in [5.41, 5.74) is 2.89. The Balaban J connectivity index is 1.22. The van der Waals surface area contributed by atoms with Gasteiger partial charge in [-0.3, -0.25) is 9.59 Å². The number of nitrogens with zero attached hydrogens (tertiary/aromatic N) is 2. The Hall–Kier alpha value is -2.10. The van der Waals surface area contributed by atoms with Gasteiger partial charge in [0.05, 0.1) is 5.92 Å². The minimum absolute atomic E-state index is 0.131. The quantitative estimate of drug-likeness (QED) is 0.678. The topological polar surface area (TPSA) is 40.6 Å². The second-order valence-corrected chi connectivity index (χ2v) is 9.06. The molecule has 1 aromatic rings. The van der Waals surface area contributed by atoms with E-state index in [1.165, 1.54) is 36.8 Å². The summed E-state index contributed by atoms with van der Waals surface area (Å²) < 4.78 is 0. The molecule has 4 rings (SSSR count). The van der Waals surface area contributed by atoms with E-state index in [1.54, 1.807) is 0 Å². The summed E-state index contributed by atoms with van der Waals surface area (Å²) in [6, 6.07) is 10.6. The molecule has 2 aliphatic heterocycles. The van der Waals surface area contributed by atoms with Crippen LogP contribution in [-0.4, -0.2) is 47.8 Å². The van der Waals surface area contributed by atoms with Crippen LogP contribution in [0.5, 0.6) is 0 Å². The smallest absolute Gasteiger partial charge is 0.227 e. The van der Waals surface area contributed by atoms with E-state index in [0.29, 0.717) is 18.9 Å². The van der Waals surface area contributed by atoms with E-state index in [0.717, 1.165) is 45.3 Å². The van der Waals surface area contributed by atoms with Crippen molar-refractivity contribution in [1.29, 1.82) is 0 Å². The van der Waals surface area contributed by atoms with Crippen LogP contribution in [0.2, 0.25) is 0 Å². The third kappa shape index (κ3) is 5.29. The number of carbonyl (C=O) groups excluding carboxylic acids is 2. The van der Waals surface area contributed by atoms with Gasteiger partial charge in [-0.2, -0.15) is 0 Å². The monoisotopic (exact) mass is 394 g/mol. The molecule has 2 amide bonds. The molecule has 1 atom stereocenters. The standard InChI is InChI=1S/C25H34N2O2/c28-24-18-23(19-27(24)16-11-20-7-3-1-4-8-20)25(29)26-14-12-22(13-15-26)17-21-9-5-2-6-10-21/h2,5-7,9-10,22-23H,1,3-4,8,11-19H2. The maximum Gasteiger partial charge on any atom is 0.227 e. The zero-order valence-electron chi connectivity index (χ0n) is 17.5. The molecule has 0 saturated carbocycles. The third-order valence-electron chi connectivity index (χ3n) is 6.95. The molecule has 2 heterocycles. The fourth-order valence-corrected chi connectivity index (χ4v) is 5.13. The number of piperidine rings is 1. The molecule has 0 N–H and O–H groups in total. The highest BCUT2D eigenvalue weighted by Gasteiger charge is 2.37. The Morgan fingerprint density at radius 2 is 1.86 bits per heavy atom. The molecule has 0 bridgehead atoms. The van der Waals surface area contributed by atoms with Gasteiger partial charge in [-0.05, 0) is 62.8 Å². The molecule has 2 saturated heterocycles. The van der Waals surface area contributed by atoms with E-state index in [9.17, 15) is 9.59 Å². The van der Waals surface area contributed by atoms with E-state index < -0.39 is 0 Å². The number of amides is 2. The number of hydrogen-bond acceptors (Lipinski definition) is 2. The highest BCUT2D eigenvalue weighted by atomic mass is 16.2. The van der Waals surface area contributed by atoms with Gasteiger partial charge in [0.25, 0.3) is 0 Å². The normalized spacial score (nSPS) is 23.4. The van der Waals surface area contributed by atoms with Gasteiger partial charge in [0.2, 0.25) is 11.8 Å². The second-order valence-electron chi connectivity index (χ2n) is 9.06. The number of allylic oxidation sites excluding steroid dienone is 1. The first kappa shape index (κ1) is 20.2. The number of rotatable bonds is 6. The summed E-state index contributed by atoms with van der Waals surface area (Å²) >= 11 is 0. The van der Waals surface area contributed by atoms with Gasteiger partial charge in [-0.25, -0.2) is 0 Å². The van der Waals surface area contributed by atoms with Gasteiger partial charge in [0, 0.05) is 32.6 Å². The number of carbonyl (C=O) groups is 2. The molecule has 0 spiro atoms. The van der Waals surface area contributed by atoms with E-state index in [-0.39, 0.29) is 17.7 Å². The Morgan fingerprint density at radius 1 is 1.07 bits per heavy atom. The van der Waals surface area contributed by atoms with Crippen molar-refractivity contribution in [3.63, 3.8) is 0 Å². The van der Waals surface area contributed by atoms with Crippen molar-refractivity contribution < 1.29 is 9.59 Å². The minimum Gasteiger partial charge on any atom is -0.342 e. The zero-order chi connectivity index (χ0) is 20.1. The molecule has 1 aromatic carbocycles. The van der Waals surface area contributed by atoms with Gasteiger partial charge in [-0.1, -0.05) is 42.0 Å². The fraction of sp³-hybridized carbons (Fsp3) is 0.600. The summed E-state index contributed by atoms with van der Waals surface area (Å²) in [7, 11) is 0. The molecule has 4 heteroatoms. The van der Waals surface area contributed by atoms with Gasteiger partial charge in [-0.15, -0.1) is 0 Å². The van der Waals surface area contributed by atoms with Crippen LogP contribution in [0.1, 0.15) is 56.9 Å². The molecule has 29 heavy (non-hydrogen) atoms. The van der Waals surface area contributed by atoms with Crippen LogP contribution in [0, 0.1) is 11.8 Å². The molecule has 2 fully saturated rings. The molecular weight excluding hydrogens is 360 g/mol. The largest absolute Gasteiger partial charge is 0.342 e. The lowest BCUT2D eigenvalue weighted by Gasteiger charge is -2.33. The van der Waals surface area contributed by atoms with Crippen LogP contribution in [0.25, 0.3) is 0 Å². The van der Waals surface area contributed by atoms with Gasteiger partial charge in [0.15, 0.2) is 0 Å². The summed E-state index contributed by atoms with van der Waals surface area (Å²) in [5.74, 6) is 0.898. The minimum atomic E-state index is -0.131. The number of benzene rings is 1. The van der Waals surface area contributed by atoms with E-state index in [4.69, 9.17) is 0 Å². The average molecular weight is 395 g/mol. The Labute approximate surface area is 175 Å². The van der Waals surface area contributed by atoms with Crippen LogP contribution in [0.3, 0.4) is 0 Å². The lowest BCUT2D eigenvalue weighted by molar-refractivity contribution is -0.137. The van der Waals surface area contributed by atoms with Crippen molar-refractivity contribution in [2.24, 2.45) is 11.8 Å². The van der Waals surface area contributed by atoms with Crippen LogP contribution in [0.4, 0.5) is 0 Å². The van der Waals surface area contributed by atoms with Crippen LogP contribution in [-0.2, 0) is 16.0 Å². The SMILES string of the molecule is O=C1CC(C(=O)N2CCC(Cc3ccccc3)CC2)CN1CCC1=CCCCC1. The van der Waals surface area contributed by atoms with E-state index >= 15 is 0 Å². The lowest BCUT2D eigenvalue weighted by atomic mass is 9.89. The lowest BCUT2D eigenvalue weighted by Crippen LogP contribution is -2.42. The van der Waals surface area contributed by atoms with E-state index in [1.807, 2.05) is 9.80 Å². The maximum absolute atomic E-state index is 13.0. The van der Waals surface area contributed by atoms with Crippen molar-refractivity contribution in [3.8, 4) is 0 Å².